The number of rotatable bonds is 5. The second-order valence-corrected chi connectivity index (χ2v) is 10.3. The van der Waals surface area contributed by atoms with Crippen molar-refractivity contribution >= 4 is 44.7 Å². The summed E-state index contributed by atoms with van der Waals surface area (Å²) in [6.45, 7) is 6.65. The van der Waals surface area contributed by atoms with Crippen LogP contribution in [0, 0.1) is 0 Å². The van der Waals surface area contributed by atoms with Gasteiger partial charge < -0.3 is 24.7 Å². The number of carbonyl (C=O) groups excluding carboxylic acids is 1. The van der Waals surface area contributed by atoms with E-state index < -0.39 is 21.7 Å². The van der Waals surface area contributed by atoms with Gasteiger partial charge >= 0.3 is 6.09 Å². The molecule has 1 amide bonds. The Morgan fingerprint density at radius 1 is 1.21 bits per heavy atom. The van der Waals surface area contributed by atoms with Gasteiger partial charge in [-0.05, 0) is 51.5 Å². The fourth-order valence-electron chi connectivity index (χ4n) is 3.52. The van der Waals surface area contributed by atoms with Gasteiger partial charge in [-0.1, -0.05) is 0 Å². The molecule has 0 bridgehead atoms. The van der Waals surface area contributed by atoms with Crippen LogP contribution in [0.1, 0.15) is 27.2 Å². The van der Waals surface area contributed by atoms with E-state index in [1.54, 1.807) is 24.5 Å². The highest BCUT2D eigenvalue weighted by Gasteiger charge is 2.29. The zero-order chi connectivity index (χ0) is 23.8. The molecule has 12 heteroatoms. The first-order chi connectivity index (χ1) is 15.5. The molecule has 33 heavy (non-hydrogen) atoms. The molecule has 0 aliphatic carbocycles. The number of ether oxygens (including phenoxy) is 1. The van der Waals surface area contributed by atoms with Crippen molar-refractivity contribution in [2.75, 3.05) is 23.3 Å². The molecule has 11 nitrogen and oxygen atoms in total. The fourth-order valence-corrected chi connectivity index (χ4v) is 4.04. The summed E-state index contributed by atoms with van der Waals surface area (Å²) in [5.41, 5.74) is 1.19. The van der Waals surface area contributed by atoms with Crippen LogP contribution in [-0.4, -0.2) is 49.2 Å². The lowest BCUT2D eigenvalue weighted by Gasteiger charge is -2.22. The second kappa shape index (κ2) is 8.52. The molecule has 4 rings (SSSR count). The Kier molecular flexibility index (Phi) is 5.89. The number of aromatic nitrogens is 2. The molecule has 0 radical (unpaired) electrons. The molecule has 1 atom stereocenters. The smallest absolute Gasteiger partial charge is 0.407 e. The van der Waals surface area contributed by atoms with Crippen molar-refractivity contribution in [2.24, 2.45) is 5.14 Å². The van der Waals surface area contributed by atoms with Crippen molar-refractivity contribution in [1.29, 1.82) is 0 Å². The van der Waals surface area contributed by atoms with Crippen molar-refractivity contribution in [3.8, 4) is 0 Å². The predicted octanol–water partition coefficient (Wildman–Crippen LogP) is 2.72. The largest absolute Gasteiger partial charge is 0.459 e. The number of anilines is 3. The summed E-state index contributed by atoms with van der Waals surface area (Å²) in [5.74, 6) is 0.924. The monoisotopic (exact) mass is 474 g/mol. The number of carbonyl (C=O) groups is 1. The maximum atomic E-state index is 12.1. The Bertz CT molecular complexity index is 1270. The topological polar surface area (TPSA) is 153 Å². The van der Waals surface area contributed by atoms with Gasteiger partial charge in [-0.15, -0.1) is 0 Å². The Morgan fingerprint density at radius 3 is 2.61 bits per heavy atom. The lowest BCUT2D eigenvalue weighted by molar-refractivity contribution is 0.0509. The molecular formula is C21H26N6O5S. The maximum absolute atomic E-state index is 12.1. The summed E-state index contributed by atoms with van der Waals surface area (Å²) in [4.78, 5) is 23.2. The maximum Gasteiger partial charge on any atom is 0.407 e. The summed E-state index contributed by atoms with van der Waals surface area (Å²) in [6.07, 6.45) is 1.81. The number of amides is 1. The van der Waals surface area contributed by atoms with Gasteiger partial charge in [-0.25, -0.2) is 23.3 Å². The summed E-state index contributed by atoms with van der Waals surface area (Å²) in [5, 5.41) is 11.1. The fraction of sp³-hybridized carbons (Fsp3) is 0.381. The van der Waals surface area contributed by atoms with Crippen molar-refractivity contribution in [3.05, 3.63) is 36.6 Å². The standard InChI is InChI=1S/C21H26N6O5S/c1-21(2,3)32-20(28)24-14-8-10-27(12-14)18-17-16(9-11-31-17)25-19(26-18)23-13-4-6-15(7-5-13)33(22,29)30/h4-7,9,11,14H,8,10,12H2,1-3H3,(H,24,28)(H2,22,29,30)(H,23,25,26). The number of hydrogen-bond acceptors (Lipinski definition) is 9. The Hall–Kier alpha value is -3.38. The molecule has 1 aromatic carbocycles. The van der Waals surface area contributed by atoms with Crippen LogP contribution in [0.2, 0.25) is 0 Å². The molecule has 1 saturated heterocycles. The van der Waals surface area contributed by atoms with E-state index >= 15 is 0 Å². The van der Waals surface area contributed by atoms with E-state index in [-0.39, 0.29) is 10.9 Å². The van der Waals surface area contributed by atoms with E-state index in [2.05, 4.69) is 20.6 Å². The minimum atomic E-state index is -3.77. The van der Waals surface area contributed by atoms with Crippen LogP contribution in [0.4, 0.5) is 22.2 Å². The average molecular weight is 475 g/mol. The van der Waals surface area contributed by atoms with E-state index in [1.165, 1.54) is 12.1 Å². The predicted molar refractivity (Wildman–Crippen MR) is 123 cm³/mol. The zero-order valence-electron chi connectivity index (χ0n) is 18.5. The molecule has 0 saturated carbocycles. The highest BCUT2D eigenvalue weighted by atomic mass is 32.2. The molecule has 1 aliphatic heterocycles. The van der Waals surface area contributed by atoms with E-state index in [1.807, 2.05) is 25.7 Å². The van der Waals surface area contributed by atoms with Crippen molar-refractivity contribution in [3.63, 3.8) is 0 Å². The molecule has 3 heterocycles. The Morgan fingerprint density at radius 2 is 1.94 bits per heavy atom. The summed E-state index contributed by atoms with van der Waals surface area (Å²) < 4.78 is 33.9. The van der Waals surface area contributed by atoms with Gasteiger partial charge in [0.25, 0.3) is 0 Å². The quantitative estimate of drug-likeness (QED) is 0.506. The normalized spacial score (nSPS) is 16.7. The zero-order valence-corrected chi connectivity index (χ0v) is 19.3. The third-order valence-corrected chi connectivity index (χ3v) is 5.86. The van der Waals surface area contributed by atoms with Crippen LogP contribution in [0.15, 0.2) is 45.9 Å². The van der Waals surface area contributed by atoms with Gasteiger partial charge in [0.05, 0.1) is 17.2 Å². The van der Waals surface area contributed by atoms with Gasteiger partial charge in [0.15, 0.2) is 11.4 Å². The van der Waals surface area contributed by atoms with Gasteiger partial charge in [0.1, 0.15) is 11.1 Å². The minimum Gasteiger partial charge on any atom is -0.459 e. The van der Waals surface area contributed by atoms with Gasteiger partial charge in [0, 0.05) is 24.8 Å². The number of nitrogens with zero attached hydrogens (tertiary/aromatic N) is 3. The van der Waals surface area contributed by atoms with Gasteiger partial charge in [-0.2, -0.15) is 4.98 Å². The third-order valence-electron chi connectivity index (χ3n) is 4.93. The summed E-state index contributed by atoms with van der Waals surface area (Å²) in [7, 11) is -3.77. The first-order valence-electron chi connectivity index (χ1n) is 10.4. The number of benzene rings is 1. The van der Waals surface area contributed by atoms with Crippen LogP contribution in [0.5, 0.6) is 0 Å². The van der Waals surface area contributed by atoms with E-state index in [4.69, 9.17) is 14.3 Å². The van der Waals surface area contributed by atoms with E-state index in [0.29, 0.717) is 41.6 Å². The number of nitrogens with one attached hydrogen (secondary N) is 2. The van der Waals surface area contributed by atoms with Gasteiger partial charge in [0.2, 0.25) is 16.0 Å². The van der Waals surface area contributed by atoms with E-state index in [9.17, 15) is 13.2 Å². The van der Waals surface area contributed by atoms with Crippen molar-refractivity contribution in [1.82, 2.24) is 15.3 Å². The average Bonchev–Trinajstić information content (AvgIpc) is 3.35. The first-order valence-corrected chi connectivity index (χ1v) is 11.9. The van der Waals surface area contributed by atoms with Crippen molar-refractivity contribution < 1.29 is 22.4 Å². The Labute approximate surface area is 191 Å². The lowest BCUT2D eigenvalue weighted by atomic mass is 10.2. The molecule has 2 aromatic heterocycles. The number of alkyl carbamates (subject to hydrolysis) is 1. The van der Waals surface area contributed by atoms with E-state index in [0.717, 1.165) is 6.42 Å². The molecule has 4 N–H and O–H groups in total. The molecule has 0 spiro atoms. The molecular weight excluding hydrogens is 448 g/mol. The van der Waals surface area contributed by atoms with Crippen LogP contribution >= 0.6 is 0 Å². The molecule has 3 aromatic rings. The van der Waals surface area contributed by atoms with Crippen LogP contribution in [0.3, 0.4) is 0 Å². The lowest BCUT2D eigenvalue weighted by Crippen LogP contribution is -2.40. The molecule has 1 fully saturated rings. The minimum absolute atomic E-state index is 0.0144. The summed E-state index contributed by atoms with van der Waals surface area (Å²) in [6, 6.07) is 7.62. The molecule has 1 aliphatic rings. The number of fused-ring (bicyclic) bond motifs is 1. The van der Waals surface area contributed by atoms with Crippen LogP contribution in [-0.2, 0) is 14.8 Å². The molecule has 176 valence electrons. The second-order valence-electron chi connectivity index (χ2n) is 8.78. The number of primary sulfonamides is 1. The van der Waals surface area contributed by atoms with Crippen molar-refractivity contribution in [2.45, 2.75) is 43.7 Å². The number of furan rings is 1. The third kappa shape index (κ3) is 5.52. The highest BCUT2D eigenvalue weighted by Crippen LogP contribution is 2.30. The highest BCUT2D eigenvalue weighted by molar-refractivity contribution is 7.89. The SMILES string of the molecule is CC(C)(C)OC(=O)NC1CCN(c2nc(Nc3ccc(S(N)(=O)=O)cc3)nc3ccoc23)C1. The number of nitrogens with two attached hydrogens (primary N) is 1. The van der Waals surface area contributed by atoms with Gasteiger partial charge in [-0.3, -0.25) is 0 Å². The summed E-state index contributed by atoms with van der Waals surface area (Å²) >= 11 is 0. The Balaban J connectivity index is 1.52. The molecule has 1 unspecified atom stereocenters. The number of sulfonamides is 1. The van der Waals surface area contributed by atoms with Crippen LogP contribution < -0.4 is 20.7 Å². The van der Waals surface area contributed by atoms with Crippen LogP contribution in [0.25, 0.3) is 11.1 Å². The number of hydrogen-bond donors (Lipinski definition) is 3. The first kappa shape index (κ1) is 22.8.